The molecule has 1 aliphatic heterocycles. The molecule has 5 nitrogen and oxygen atoms in total. The molecule has 2 N–H and O–H groups in total. The van der Waals surface area contributed by atoms with Crippen LogP contribution in [0.1, 0.15) is 23.1 Å². The van der Waals surface area contributed by atoms with Crippen molar-refractivity contribution in [3.8, 4) is 0 Å². The fourth-order valence-electron chi connectivity index (χ4n) is 3.07. The van der Waals surface area contributed by atoms with Gasteiger partial charge in [-0.15, -0.1) is 0 Å². The minimum absolute atomic E-state index is 0.0280. The van der Waals surface area contributed by atoms with Crippen molar-refractivity contribution < 1.29 is 14.7 Å². The Morgan fingerprint density at radius 3 is 2.52 bits per heavy atom. The number of nitrogens with one attached hydrogen (secondary N) is 1. The smallest absolute Gasteiger partial charge is 0.227 e. The lowest BCUT2D eigenvalue weighted by Gasteiger charge is -2.17. The zero-order valence-electron chi connectivity index (χ0n) is 14.2. The summed E-state index contributed by atoms with van der Waals surface area (Å²) in [6.07, 6.45) is 0.224. The molecule has 2 aromatic carbocycles. The van der Waals surface area contributed by atoms with Gasteiger partial charge >= 0.3 is 0 Å². The van der Waals surface area contributed by atoms with Gasteiger partial charge in [-0.2, -0.15) is 0 Å². The van der Waals surface area contributed by atoms with E-state index in [9.17, 15) is 14.7 Å². The van der Waals surface area contributed by atoms with Crippen LogP contribution in [0.4, 0.5) is 5.69 Å². The average molecular weight is 338 g/mol. The first-order chi connectivity index (χ1) is 12.1. The molecule has 0 radical (unpaired) electrons. The summed E-state index contributed by atoms with van der Waals surface area (Å²) >= 11 is 0. The van der Waals surface area contributed by atoms with E-state index in [0.29, 0.717) is 13.1 Å². The summed E-state index contributed by atoms with van der Waals surface area (Å²) in [6, 6.07) is 15.2. The van der Waals surface area contributed by atoms with Crippen LogP contribution in [-0.2, 0) is 22.7 Å². The van der Waals surface area contributed by atoms with E-state index in [1.54, 1.807) is 4.90 Å². The Morgan fingerprint density at radius 2 is 1.84 bits per heavy atom. The molecular weight excluding hydrogens is 316 g/mol. The van der Waals surface area contributed by atoms with Gasteiger partial charge in [0.2, 0.25) is 11.8 Å². The van der Waals surface area contributed by atoms with E-state index in [1.807, 2.05) is 55.5 Å². The molecule has 1 aliphatic rings. The van der Waals surface area contributed by atoms with Gasteiger partial charge in [0.15, 0.2) is 0 Å². The summed E-state index contributed by atoms with van der Waals surface area (Å²) in [5, 5.41) is 12.2. The van der Waals surface area contributed by atoms with Crippen molar-refractivity contribution in [3.05, 3.63) is 65.2 Å². The Bertz CT molecular complexity index is 771. The third-order valence-electron chi connectivity index (χ3n) is 4.58. The topological polar surface area (TPSA) is 69.6 Å². The van der Waals surface area contributed by atoms with E-state index in [0.717, 1.165) is 22.4 Å². The van der Waals surface area contributed by atoms with Crippen LogP contribution in [0, 0.1) is 12.8 Å². The number of carbonyl (C=O) groups excluding carboxylic acids is 2. The number of nitrogens with zero attached hydrogens (tertiary/aromatic N) is 1. The highest BCUT2D eigenvalue weighted by molar-refractivity contribution is 6.00. The van der Waals surface area contributed by atoms with Gasteiger partial charge in [0.05, 0.1) is 12.5 Å². The van der Waals surface area contributed by atoms with E-state index in [2.05, 4.69) is 5.32 Å². The Labute approximate surface area is 147 Å². The van der Waals surface area contributed by atoms with Gasteiger partial charge in [-0.05, 0) is 30.2 Å². The number of aliphatic hydroxyl groups is 1. The van der Waals surface area contributed by atoms with Crippen molar-refractivity contribution >= 4 is 17.5 Å². The lowest BCUT2D eigenvalue weighted by molar-refractivity contribution is -0.126. The monoisotopic (exact) mass is 338 g/mol. The van der Waals surface area contributed by atoms with Crippen LogP contribution in [0.2, 0.25) is 0 Å². The standard InChI is InChI=1S/C20H22N2O3/c1-14-6-8-18(9-7-14)22-12-17(10-19(22)24)20(25)21-11-15-4-2-3-5-16(15)13-23/h2-9,17,23H,10-13H2,1H3,(H,21,25). The molecule has 2 amide bonds. The number of benzene rings is 2. The van der Waals surface area contributed by atoms with Gasteiger partial charge in [-0.3, -0.25) is 9.59 Å². The molecule has 130 valence electrons. The number of carbonyl (C=O) groups is 2. The summed E-state index contributed by atoms with van der Waals surface area (Å²) < 4.78 is 0. The highest BCUT2D eigenvalue weighted by atomic mass is 16.3. The van der Waals surface area contributed by atoms with E-state index in [-0.39, 0.29) is 30.8 Å². The number of aliphatic hydroxyl groups excluding tert-OH is 1. The maximum atomic E-state index is 12.4. The maximum absolute atomic E-state index is 12.4. The third-order valence-corrected chi connectivity index (χ3v) is 4.58. The number of anilines is 1. The Morgan fingerprint density at radius 1 is 1.16 bits per heavy atom. The fourth-order valence-corrected chi connectivity index (χ4v) is 3.07. The number of rotatable bonds is 5. The maximum Gasteiger partial charge on any atom is 0.227 e. The van der Waals surface area contributed by atoms with Crippen molar-refractivity contribution in [1.82, 2.24) is 5.32 Å². The van der Waals surface area contributed by atoms with Gasteiger partial charge in [0.1, 0.15) is 0 Å². The third kappa shape index (κ3) is 3.88. The Hall–Kier alpha value is -2.66. The molecule has 1 unspecified atom stereocenters. The number of hydrogen-bond acceptors (Lipinski definition) is 3. The van der Waals surface area contributed by atoms with Gasteiger partial charge in [0.25, 0.3) is 0 Å². The van der Waals surface area contributed by atoms with Gasteiger partial charge in [0, 0.05) is 25.2 Å². The lowest BCUT2D eigenvalue weighted by Crippen LogP contribution is -2.32. The van der Waals surface area contributed by atoms with Crippen molar-refractivity contribution in [2.75, 3.05) is 11.4 Å². The van der Waals surface area contributed by atoms with Gasteiger partial charge in [-0.1, -0.05) is 42.0 Å². The SMILES string of the molecule is Cc1ccc(N2CC(C(=O)NCc3ccccc3CO)CC2=O)cc1. The molecule has 0 spiro atoms. The average Bonchev–Trinajstić information content (AvgIpc) is 3.02. The predicted molar refractivity (Wildman–Crippen MR) is 95.9 cm³/mol. The highest BCUT2D eigenvalue weighted by Gasteiger charge is 2.34. The molecule has 3 rings (SSSR count). The van der Waals surface area contributed by atoms with Crippen molar-refractivity contribution in [1.29, 1.82) is 0 Å². The fraction of sp³-hybridized carbons (Fsp3) is 0.300. The largest absolute Gasteiger partial charge is 0.392 e. The second-order valence-electron chi connectivity index (χ2n) is 6.39. The second kappa shape index (κ2) is 7.49. The minimum Gasteiger partial charge on any atom is -0.392 e. The highest BCUT2D eigenvalue weighted by Crippen LogP contribution is 2.25. The first-order valence-corrected chi connectivity index (χ1v) is 8.41. The Balaban J connectivity index is 1.62. The molecule has 0 bridgehead atoms. The van der Waals surface area contributed by atoms with Crippen LogP contribution in [0.15, 0.2) is 48.5 Å². The number of amides is 2. The van der Waals surface area contributed by atoms with Crippen LogP contribution < -0.4 is 10.2 Å². The zero-order valence-corrected chi connectivity index (χ0v) is 14.2. The summed E-state index contributed by atoms with van der Waals surface area (Å²) in [5.41, 5.74) is 3.65. The zero-order chi connectivity index (χ0) is 17.8. The Kier molecular flexibility index (Phi) is 5.14. The first-order valence-electron chi connectivity index (χ1n) is 8.41. The molecule has 0 aliphatic carbocycles. The molecule has 5 heteroatoms. The lowest BCUT2D eigenvalue weighted by atomic mass is 10.1. The molecule has 1 heterocycles. The number of aryl methyl sites for hydroxylation is 1. The van der Waals surface area contributed by atoms with E-state index in [1.165, 1.54) is 0 Å². The van der Waals surface area contributed by atoms with Crippen LogP contribution in [-0.4, -0.2) is 23.5 Å². The van der Waals surface area contributed by atoms with Gasteiger partial charge < -0.3 is 15.3 Å². The van der Waals surface area contributed by atoms with E-state index >= 15 is 0 Å². The van der Waals surface area contributed by atoms with Crippen LogP contribution in [0.3, 0.4) is 0 Å². The second-order valence-corrected chi connectivity index (χ2v) is 6.39. The van der Waals surface area contributed by atoms with Crippen LogP contribution >= 0.6 is 0 Å². The summed E-state index contributed by atoms with van der Waals surface area (Å²) in [5.74, 6) is -0.509. The normalized spacial score (nSPS) is 17.0. The van der Waals surface area contributed by atoms with E-state index < -0.39 is 0 Å². The molecule has 1 atom stereocenters. The van der Waals surface area contributed by atoms with E-state index in [4.69, 9.17) is 0 Å². The molecular formula is C20H22N2O3. The van der Waals surface area contributed by atoms with Gasteiger partial charge in [-0.25, -0.2) is 0 Å². The molecule has 1 saturated heterocycles. The summed E-state index contributed by atoms with van der Waals surface area (Å²) in [6.45, 7) is 2.69. The first kappa shape index (κ1) is 17.2. The van der Waals surface area contributed by atoms with Crippen LogP contribution in [0.25, 0.3) is 0 Å². The number of hydrogen-bond donors (Lipinski definition) is 2. The quantitative estimate of drug-likeness (QED) is 0.878. The molecule has 25 heavy (non-hydrogen) atoms. The van der Waals surface area contributed by atoms with Crippen LogP contribution in [0.5, 0.6) is 0 Å². The van der Waals surface area contributed by atoms with Crippen molar-refractivity contribution in [2.24, 2.45) is 5.92 Å². The predicted octanol–water partition coefficient (Wildman–Crippen LogP) is 2.16. The molecule has 1 fully saturated rings. The molecule has 0 aromatic heterocycles. The molecule has 2 aromatic rings. The minimum atomic E-state index is -0.352. The summed E-state index contributed by atoms with van der Waals surface area (Å²) in [4.78, 5) is 26.4. The van der Waals surface area contributed by atoms with Crippen molar-refractivity contribution in [3.63, 3.8) is 0 Å². The van der Waals surface area contributed by atoms with Crippen molar-refractivity contribution in [2.45, 2.75) is 26.5 Å². The summed E-state index contributed by atoms with van der Waals surface area (Å²) in [7, 11) is 0. The molecule has 0 saturated carbocycles.